The number of hydrogen-bond acceptors (Lipinski definition) is 4. The molecule has 0 atom stereocenters. The molecule has 3 aromatic rings. The van der Waals surface area contributed by atoms with Crippen LogP contribution in [0.1, 0.15) is 18.2 Å². The second-order valence-corrected chi connectivity index (χ2v) is 6.14. The number of aromatic nitrogens is 2. The standard InChI is InChI=1S/C17H19N3O2S/c1-2-12-3-5-13(6-4-12)15-10-20-14(11-23-17(20)19-15)9-16(22)18-7-8-21/h3-6,10-11,21H,2,7-9H2,1H3,(H,18,22). The van der Waals surface area contributed by atoms with Gasteiger partial charge < -0.3 is 10.4 Å². The number of aliphatic hydroxyl groups is 1. The summed E-state index contributed by atoms with van der Waals surface area (Å²) in [6.07, 6.45) is 3.28. The van der Waals surface area contributed by atoms with E-state index in [2.05, 4.69) is 41.5 Å². The van der Waals surface area contributed by atoms with E-state index in [0.29, 0.717) is 0 Å². The highest BCUT2D eigenvalue weighted by molar-refractivity contribution is 7.15. The first-order valence-corrected chi connectivity index (χ1v) is 8.51. The van der Waals surface area contributed by atoms with Crippen molar-refractivity contribution >= 4 is 22.2 Å². The van der Waals surface area contributed by atoms with Crippen LogP contribution >= 0.6 is 11.3 Å². The number of carbonyl (C=O) groups excluding carboxylic acids is 1. The molecule has 0 unspecified atom stereocenters. The van der Waals surface area contributed by atoms with Gasteiger partial charge in [0.1, 0.15) is 0 Å². The van der Waals surface area contributed by atoms with Crippen molar-refractivity contribution in [2.45, 2.75) is 19.8 Å². The van der Waals surface area contributed by atoms with Gasteiger partial charge in [0, 0.05) is 29.4 Å². The second kappa shape index (κ2) is 6.93. The molecule has 2 N–H and O–H groups in total. The second-order valence-electron chi connectivity index (χ2n) is 5.31. The van der Waals surface area contributed by atoms with E-state index in [-0.39, 0.29) is 25.5 Å². The van der Waals surface area contributed by atoms with Crippen LogP contribution in [0.15, 0.2) is 35.8 Å². The lowest BCUT2D eigenvalue weighted by molar-refractivity contribution is -0.120. The van der Waals surface area contributed by atoms with E-state index in [1.807, 2.05) is 16.0 Å². The molecular formula is C17H19N3O2S. The number of nitrogens with zero attached hydrogens (tertiary/aromatic N) is 2. The molecule has 0 radical (unpaired) electrons. The molecule has 1 aromatic carbocycles. The lowest BCUT2D eigenvalue weighted by Crippen LogP contribution is -2.28. The summed E-state index contributed by atoms with van der Waals surface area (Å²) >= 11 is 1.53. The normalized spacial score (nSPS) is 11.0. The molecule has 1 amide bonds. The largest absolute Gasteiger partial charge is 0.395 e. The van der Waals surface area contributed by atoms with Gasteiger partial charge in [0.25, 0.3) is 0 Å². The lowest BCUT2D eigenvalue weighted by atomic mass is 10.1. The van der Waals surface area contributed by atoms with Crippen molar-refractivity contribution in [3.63, 3.8) is 0 Å². The summed E-state index contributed by atoms with van der Waals surface area (Å²) < 4.78 is 1.96. The molecule has 5 nitrogen and oxygen atoms in total. The molecule has 0 bridgehead atoms. The summed E-state index contributed by atoms with van der Waals surface area (Å²) in [5, 5.41) is 13.4. The highest BCUT2D eigenvalue weighted by atomic mass is 32.1. The Kier molecular flexibility index (Phi) is 4.73. The maximum atomic E-state index is 11.8. The minimum atomic E-state index is -0.0960. The number of amides is 1. The van der Waals surface area contributed by atoms with E-state index in [9.17, 15) is 4.79 Å². The Morgan fingerprint density at radius 2 is 2.13 bits per heavy atom. The van der Waals surface area contributed by atoms with Crippen molar-refractivity contribution in [3.8, 4) is 11.3 Å². The van der Waals surface area contributed by atoms with Gasteiger partial charge in [-0.05, 0) is 12.0 Å². The fourth-order valence-corrected chi connectivity index (χ4v) is 3.30. The summed E-state index contributed by atoms with van der Waals surface area (Å²) in [6.45, 7) is 2.37. The number of aryl methyl sites for hydroxylation is 1. The lowest BCUT2D eigenvalue weighted by Gasteiger charge is -2.02. The van der Waals surface area contributed by atoms with Gasteiger partial charge in [-0.15, -0.1) is 11.3 Å². The summed E-state index contributed by atoms with van der Waals surface area (Å²) in [6, 6.07) is 8.40. The van der Waals surface area contributed by atoms with Gasteiger partial charge in [-0.2, -0.15) is 0 Å². The van der Waals surface area contributed by atoms with E-state index in [1.54, 1.807) is 0 Å². The molecule has 6 heteroatoms. The van der Waals surface area contributed by atoms with E-state index in [0.717, 1.165) is 28.3 Å². The summed E-state index contributed by atoms with van der Waals surface area (Å²) in [5.41, 5.74) is 4.20. The Labute approximate surface area is 138 Å². The molecule has 0 saturated carbocycles. The number of hydrogen-bond donors (Lipinski definition) is 2. The van der Waals surface area contributed by atoms with Crippen LogP contribution in [0.4, 0.5) is 0 Å². The first kappa shape index (κ1) is 15.7. The Hall–Kier alpha value is -2.18. The van der Waals surface area contributed by atoms with Crippen molar-refractivity contribution in [3.05, 3.63) is 47.1 Å². The van der Waals surface area contributed by atoms with Gasteiger partial charge >= 0.3 is 0 Å². The van der Waals surface area contributed by atoms with Crippen LogP contribution in [-0.4, -0.2) is 33.6 Å². The Balaban J connectivity index is 1.83. The quantitative estimate of drug-likeness (QED) is 0.729. The van der Waals surface area contributed by atoms with Gasteiger partial charge in [0.2, 0.25) is 5.91 Å². The Morgan fingerprint density at radius 1 is 1.35 bits per heavy atom. The van der Waals surface area contributed by atoms with Crippen LogP contribution in [-0.2, 0) is 17.6 Å². The SMILES string of the molecule is CCc1ccc(-c2cn3c(CC(=O)NCCO)csc3n2)cc1. The number of imidazole rings is 1. The molecule has 3 rings (SSSR count). The number of aliphatic hydroxyl groups excluding tert-OH is 1. The molecule has 0 aliphatic rings. The molecule has 120 valence electrons. The van der Waals surface area contributed by atoms with Crippen molar-refractivity contribution in [2.75, 3.05) is 13.2 Å². The molecule has 0 fully saturated rings. The topological polar surface area (TPSA) is 66.6 Å². The fraction of sp³-hybridized carbons (Fsp3) is 0.294. The van der Waals surface area contributed by atoms with Crippen LogP contribution < -0.4 is 5.32 Å². The van der Waals surface area contributed by atoms with E-state index >= 15 is 0 Å². The van der Waals surface area contributed by atoms with Crippen molar-refractivity contribution in [1.82, 2.24) is 14.7 Å². The highest BCUT2D eigenvalue weighted by Crippen LogP contribution is 2.24. The van der Waals surface area contributed by atoms with Gasteiger partial charge in [-0.25, -0.2) is 4.98 Å². The van der Waals surface area contributed by atoms with Gasteiger partial charge in [0.15, 0.2) is 4.96 Å². The van der Waals surface area contributed by atoms with E-state index < -0.39 is 0 Å². The molecule has 2 aromatic heterocycles. The Bertz CT molecular complexity index is 805. The monoisotopic (exact) mass is 329 g/mol. The third-order valence-electron chi connectivity index (χ3n) is 3.72. The predicted octanol–water partition coefficient (Wildman–Crippen LogP) is 2.28. The van der Waals surface area contributed by atoms with Crippen LogP contribution in [0.2, 0.25) is 0 Å². The molecule has 23 heavy (non-hydrogen) atoms. The average molecular weight is 329 g/mol. The third kappa shape index (κ3) is 3.43. The molecule has 0 saturated heterocycles. The zero-order chi connectivity index (χ0) is 16.2. The molecule has 0 aliphatic carbocycles. The van der Waals surface area contributed by atoms with Crippen LogP contribution in [0.3, 0.4) is 0 Å². The summed E-state index contributed by atoms with van der Waals surface area (Å²) in [5.74, 6) is -0.0960. The van der Waals surface area contributed by atoms with Crippen LogP contribution in [0.25, 0.3) is 16.2 Å². The maximum Gasteiger partial charge on any atom is 0.226 e. The number of rotatable bonds is 6. The van der Waals surface area contributed by atoms with Crippen molar-refractivity contribution in [1.29, 1.82) is 0 Å². The van der Waals surface area contributed by atoms with Crippen molar-refractivity contribution in [2.24, 2.45) is 0 Å². The van der Waals surface area contributed by atoms with Gasteiger partial charge in [-0.1, -0.05) is 31.2 Å². The number of thiazole rings is 1. The maximum absolute atomic E-state index is 11.8. The zero-order valence-electron chi connectivity index (χ0n) is 13.0. The minimum absolute atomic E-state index is 0.0479. The van der Waals surface area contributed by atoms with Gasteiger partial charge in [0.05, 0.1) is 18.7 Å². The predicted molar refractivity (Wildman–Crippen MR) is 91.7 cm³/mol. The Morgan fingerprint density at radius 3 is 2.83 bits per heavy atom. The van der Waals surface area contributed by atoms with Crippen molar-refractivity contribution < 1.29 is 9.90 Å². The first-order chi connectivity index (χ1) is 11.2. The zero-order valence-corrected chi connectivity index (χ0v) is 13.8. The van der Waals surface area contributed by atoms with Crippen LogP contribution in [0.5, 0.6) is 0 Å². The van der Waals surface area contributed by atoms with Crippen LogP contribution in [0, 0.1) is 0 Å². The molecular weight excluding hydrogens is 310 g/mol. The number of fused-ring (bicyclic) bond motifs is 1. The van der Waals surface area contributed by atoms with Gasteiger partial charge in [-0.3, -0.25) is 9.20 Å². The highest BCUT2D eigenvalue weighted by Gasteiger charge is 2.12. The number of carbonyl (C=O) groups is 1. The number of benzene rings is 1. The summed E-state index contributed by atoms with van der Waals surface area (Å²) in [4.78, 5) is 17.3. The van der Waals surface area contributed by atoms with E-state index in [4.69, 9.17) is 5.11 Å². The average Bonchev–Trinajstić information content (AvgIpc) is 3.15. The molecule has 2 heterocycles. The number of nitrogens with one attached hydrogen (secondary N) is 1. The molecule has 0 aliphatic heterocycles. The van der Waals surface area contributed by atoms with E-state index in [1.165, 1.54) is 16.9 Å². The minimum Gasteiger partial charge on any atom is -0.395 e. The third-order valence-corrected chi connectivity index (χ3v) is 4.61. The first-order valence-electron chi connectivity index (χ1n) is 7.63. The molecule has 0 spiro atoms. The fourth-order valence-electron chi connectivity index (χ4n) is 2.43. The smallest absolute Gasteiger partial charge is 0.226 e. The summed E-state index contributed by atoms with van der Waals surface area (Å²) in [7, 11) is 0.